The van der Waals surface area contributed by atoms with Crippen LogP contribution in [0.4, 0.5) is 0 Å². The Hall–Kier alpha value is -8.42. The highest BCUT2D eigenvalue weighted by Crippen LogP contribution is 2.57. The van der Waals surface area contributed by atoms with Crippen molar-refractivity contribution in [2.45, 2.75) is 11.8 Å². The monoisotopic (exact) mass is 926 g/mol. The lowest BCUT2D eigenvalue weighted by Crippen LogP contribution is -2.27. The van der Waals surface area contributed by atoms with Gasteiger partial charge in [-0.05, 0) is 69.8 Å². The molecule has 16 rings (SSSR count). The highest BCUT2D eigenvalue weighted by atomic mass is 32.1. The lowest BCUT2D eigenvalue weighted by atomic mass is 9.60. The van der Waals surface area contributed by atoms with E-state index in [2.05, 4.69) is 206 Å². The Bertz CT molecular complexity index is 3990. The summed E-state index contributed by atoms with van der Waals surface area (Å²) in [7, 11) is 0. The molecule has 326 valence electrons. The lowest BCUT2D eigenvalue weighted by molar-refractivity contribution is 0.755. The maximum absolute atomic E-state index is 5.33. The van der Waals surface area contributed by atoms with E-state index < -0.39 is 0 Å². The summed E-state index contributed by atoms with van der Waals surface area (Å²) >= 11 is 3.66. The third kappa shape index (κ3) is 6.13. The van der Waals surface area contributed by atoms with Crippen LogP contribution in [0.25, 0.3) is 108 Å². The first kappa shape index (κ1) is 39.6. The number of benzene rings is 9. The standard InChI is InChI=1S/C64H38N4S2/c1-3-15-37(16-4-1)63-65-53(35-55(67-63)49-25-13-23-47-41-19-9-11-27-57(41)69-61(47)49)39-29-31-45-51(33-39)59-43-21-7-8-22-44(43)60(45)52-34-40(30-32-46(52)59)54-36-56(68-64(66-54)38-17-5-2-6-18-38)50-26-14-24-48-42-20-10-12-28-58(42)70-62(48)50/h1-36,59-60H. The fraction of sp³-hybridized carbons (Fsp3) is 0.0312. The average Bonchev–Trinajstić information content (AvgIpc) is 4.02. The van der Waals surface area contributed by atoms with E-state index in [4.69, 9.17) is 19.9 Å². The number of nitrogens with zero attached hydrogens (tertiary/aromatic N) is 4. The Kier molecular flexibility index (Phi) is 8.79. The first-order valence-corrected chi connectivity index (χ1v) is 25.4. The maximum atomic E-state index is 5.33. The second-order valence-corrected chi connectivity index (χ2v) is 20.5. The molecule has 4 aromatic heterocycles. The minimum absolute atomic E-state index is 0.0637. The molecule has 4 nitrogen and oxygen atoms in total. The zero-order chi connectivity index (χ0) is 45.9. The Labute approximate surface area is 411 Å². The molecule has 2 bridgehead atoms. The molecule has 6 heteroatoms. The Morgan fingerprint density at radius 2 is 0.657 bits per heavy atom. The molecule has 2 unspecified atom stereocenters. The van der Waals surface area contributed by atoms with E-state index in [0.717, 1.165) is 67.8 Å². The van der Waals surface area contributed by atoms with Gasteiger partial charge in [0, 0.05) is 85.6 Å². The van der Waals surface area contributed by atoms with Gasteiger partial charge in [0.15, 0.2) is 11.6 Å². The van der Waals surface area contributed by atoms with Crippen LogP contribution < -0.4 is 0 Å². The molecule has 3 aliphatic rings. The minimum atomic E-state index is 0.0637. The fourth-order valence-corrected chi connectivity index (χ4v) is 13.8. The smallest absolute Gasteiger partial charge is 0.160 e. The number of thiophene rings is 2. The van der Waals surface area contributed by atoms with E-state index >= 15 is 0 Å². The van der Waals surface area contributed by atoms with Crippen molar-refractivity contribution in [1.29, 1.82) is 0 Å². The van der Waals surface area contributed by atoms with Gasteiger partial charge in [0.25, 0.3) is 0 Å². The molecular formula is C64H38N4S2. The predicted octanol–water partition coefficient (Wildman–Crippen LogP) is 17.0. The third-order valence-corrected chi connectivity index (χ3v) is 16.9. The van der Waals surface area contributed by atoms with Crippen molar-refractivity contribution in [3.05, 3.63) is 252 Å². The van der Waals surface area contributed by atoms with Gasteiger partial charge in [0.2, 0.25) is 0 Å². The van der Waals surface area contributed by atoms with Crippen molar-refractivity contribution in [2.24, 2.45) is 0 Å². The van der Waals surface area contributed by atoms with Crippen LogP contribution in [0.1, 0.15) is 45.2 Å². The van der Waals surface area contributed by atoms with Crippen molar-refractivity contribution in [2.75, 3.05) is 0 Å². The molecule has 0 saturated heterocycles. The van der Waals surface area contributed by atoms with Gasteiger partial charge in [-0.1, -0.05) is 182 Å². The maximum Gasteiger partial charge on any atom is 0.160 e. The van der Waals surface area contributed by atoms with Crippen LogP contribution in [-0.2, 0) is 0 Å². The molecule has 4 heterocycles. The molecule has 9 aromatic carbocycles. The van der Waals surface area contributed by atoms with Crippen LogP contribution in [0.5, 0.6) is 0 Å². The summed E-state index contributed by atoms with van der Waals surface area (Å²) in [5.41, 5.74) is 18.2. The van der Waals surface area contributed by atoms with Crippen molar-refractivity contribution < 1.29 is 0 Å². The molecule has 0 N–H and O–H groups in total. The zero-order valence-corrected chi connectivity index (χ0v) is 39.2. The second kappa shape index (κ2) is 15.6. The summed E-state index contributed by atoms with van der Waals surface area (Å²) in [5.74, 6) is 1.57. The summed E-state index contributed by atoms with van der Waals surface area (Å²) in [6, 6.07) is 78.9. The van der Waals surface area contributed by atoms with Crippen LogP contribution in [0.15, 0.2) is 218 Å². The van der Waals surface area contributed by atoms with Gasteiger partial charge in [0.1, 0.15) is 0 Å². The Balaban J connectivity index is 0.874. The van der Waals surface area contributed by atoms with E-state index in [1.54, 1.807) is 0 Å². The molecule has 0 amide bonds. The van der Waals surface area contributed by atoms with Gasteiger partial charge < -0.3 is 0 Å². The number of aromatic nitrogens is 4. The van der Waals surface area contributed by atoms with E-state index in [0.29, 0.717) is 0 Å². The van der Waals surface area contributed by atoms with E-state index in [1.807, 2.05) is 34.8 Å². The van der Waals surface area contributed by atoms with Crippen LogP contribution in [-0.4, -0.2) is 19.9 Å². The van der Waals surface area contributed by atoms with Crippen molar-refractivity contribution in [3.63, 3.8) is 0 Å². The molecule has 0 spiro atoms. The van der Waals surface area contributed by atoms with Crippen LogP contribution >= 0.6 is 22.7 Å². The normalized spacial score (nSPS) is 14.6. The lowest BCUT2D eigenvalue weighted by Gasteiger charge is -2.42. The summed E-state index contributed by atoms with van der Waals surface area (Å²) in [6.07, 6.45) is 0. The topological polar surface area (TPSA) is 51.6 Å². The minimum Gasteiger partial charge on any atom is -0.228 e. The van der Waals surface area contributed by atoms with Gasteiger partial charge in [0.05, 0.1) is 22.8 Å². The van der Waals surface area contributed by atoms with Crippen LogP contribution in [0.3, 0.4) is 0 Å². The zero-order valence-electron chi connectivity index (χ0n) is 37.5. The Morgan fingerprint density at radius 1 is 0.271 bits per heavy atom. The quantitative estimate of drug-likeness (QED) is 0.167. The van der Waals surface area contributed by atoms with Gasteiger partial charge >= 0.3 is 0 Å². The molecule has 13 aromatic rings. The highest BCUT2D eigenvalue weighted by Gasteiger charge is 2.41. The number of rotatable bonds is 6. The molecule has 0 saturated carbocycles. The van der Waals surface area contributed by atoms with E-state index in [-0.39, 0.29) is 11.8 Å². The van der Waals surface area contributed by atoms with Gasteiger partial charge in [-0.15, -0.1) is 22.7 Å². The summed E-state index contributed by atoms with van der Waals surface area (Å²) in [6.45, 7) is 0. The second-order valence-electron chi connectivity index (χ2n) is 18.4. The summed E-state index contributed by atoms with van der Waals surface area (Å²) in [4.78, 5) is 21.3. The molecule has 0 aliphatic heterocycles. The molecule has 70 heavy (non-hydrogen) atoms. The number of fused-ring (bicyclic) bond motifs is 6. The molecule has 2 atom stereocenters. The SMILES string of the molecule is c1ccc(-c2nc(-c3ccc4c(c3)C3c5ccccc5C4c4cc(-c5cc(-c6cccc7c6sc6ccccc67)nc(-c6ccccc6)n5)ccc43)cc(-c3cccc4c3sc3ccccc34)n2)cc1. The van der Waals surface area contributed by atoms with Crippen LogP contribution in [0.2, 0.25) is 0 Å². The fourth-order valence-electron chi connectivity index (χ4n) is 11.3. The molecule has 0 fully saturated rings. The number of hydrogen-bond donors (Lipinski definition) is 0. The molecule has 0 radical (unpaired) electrons. The Morgan fingerprint density at radius 3 is 1.13 bits per heavy atom. The van der Waals surface area contributed by atoms with Crippen LogP contribution in [0, 0.1) is 0 Å². The number of hydrogen-bond acceptors (Lipinski definition) is 6. The third-order valence-electron chi connectivity index (χ3n) is 14.5. The van der Waals surface area contributed by atoms with Gasteiger partial charge in [-0.3, -0.25) is 0 Å². The summed E-state index contributed by atoms with van der Waals surface area (Å²) in [5, 5.41) is 5.07. The first-order chi connectivity index (χ1) is 34.7. The first-order valence-electron chi connectivity index (χ1n) is 23.8. The molecular weight excluding hydrogens is 889 g/mol. The van der Waals surface area contributed by atoms with Crippen molar-refractivity contribution >= 4 is 63.0 Å². The molecule has 3 aliphatic carbocycles. The summed E-state index contributed by atoms with van der Waals surface area (Å²) < 4.78 is 5.04. The largest absolute Gasteiger partial charge is 0.228 e. The van der Waals surface area contributed by atoms with E-state index in [9.17, 15) is 0 Å². The van der Waals surface area contributed by atoms with Crippen molar-refractivity contribution in [1.82, 2.24) is 19.9 Å². The van der Waals surface area contributed by atoms with E-state index in [1.165, 1.54) is 73.7 Å². The van der Waals surface area contributed by atoms with Gasteiger partial charge in [-0.25, -0.2) is 19.9 Å². The average molecular weight is 927 g/mol. The van der Waals surface area contributed by atoms with Crippen molar-refractivity contribution in [3.8, 4) is 67.8 Å². The van der Waals surface area contributed by atoms with Gasteiger partial charge in [-0.2, -0.15) is 0 Å². The highest BCUT2D eigenvalue weighted by molar-refractivity contribution is 7.26. The predicted molar refractivity (Wildman–Crippen MR) is 291 cm³/mol.